The summed E-state index contributed by atoms with van der Waals surface area (Å²) in [7, 11) is 0. The number of rotatable bonds is 1. The lowest BCUT2D eigenvalue weighted by Gasteiger charge is -2.17. The van der Waals surface area contributed by atoms with Crippen molar-refractivity contribution in [2.75, 3.05) is 13.2 Å². The molecule has 0 aliphatic carbocycles. The number of nitrogens with one attached hydrogen (secondary N) is 1. The third-order valence-corrected chi connectivity index (χ3v) is 2.28. The van der Waals surface area contributed by atoms with Crippen LogP contribution in [0, 0.1) is 0 Å². The van der Waals surface area contributed by atoms with Crippen molar-refractivity contribution in [1.82, 2.24) is 5.32 Å². The zero-order valence-corrected chi connectivity index (χ0v) is 6.88. The summed E-state index contributed by atoms with van der Waals surface area (Å²) in [5.41, 5.74) is 0. The molecule has 2 fully saturated rings. The van der Waals surface area contributed by atoms with E-state index in [2.05, 4.69) is 12.2 Å². The van der Waals surface area contributed by atoms with Crippen LogP contribution < -0.4 is 5.32 Å². The quantitative estimate of drug-likeness (QED) is 0.601. The van der Waals surface area contributed by atoms with E-state index in [1.165, 1.54) is 6.42 Å². The highest BCUT2D eigenvalue weighted by Crippen LogP contribution is 2.19. The van der Waals surface area contributed by atoms with Crippen LogP contribution in [0.25, 0.3) is 0 Å². The standard InChI is InChI=1S/C8H15NO2/c1-6-5-11-8(9-6)7-3-2-4-10-7/h6-9H,2-5H2,1H3. The smallest absolute Gasteiger partial charge is 0.134 e. The van der Waals surface area contributed by atoms with Gasteiger partial charge in [-0.25, -0.2) is 0 Å². The Morgan fingerprint density at radius 3 is 2.82 bits per heavy atom. The zero-order valence-electron chi connectivity index (χ0n) is 6.88. The molecule has 0 aromatic carbocycles. The fraction of sp³-hybridized carbons (Fsp3) is 1.00. The summed E-state index contributed by atoms with van der Waals surface area (Å²) in [4.78, 5) is 0. The van der Waals surface area contributed by atoms with Gasteiger partial charge in [-0.15, -0.1) is 0 Å². The predicted octanol–water partition coefficient (Wildman–Crippen LogP) is 0.500. The van der Waals surface area contributed by atoms with Crippen molar-refractivity contribution >= 4 is 0 Å². The Morgan fingerprint density at radius 2 is 2.27 bits per heavy atom. The Morgan fingerprint density at radius 1 is 1.36 bits per heavy atom. The third kappa shape index (κ3) is 1.55. The predicted molar refractivity (Wildman–Crippen MR) is 41.3 cm³/mol. The van der Waals surface area contributed by atoms with Crippen molar-refractivity contribution < 1.29 is 9.47 Å². The normalized spacial score (nSPS) is 45.0. The number of ether oxygens (including phenoxy) is 2. The minimum atomic E-state index is 0.160. The molecule has 0 saturated carbocycles. The van der Waals surface area contributed by atoms with Gasteiger partial charge in [-0.05, 0) is 19.8 Å². The highest BCUT2D eigenvalue weighted by Gasteiger charge is 2.31. The minimum absolute atomic E-state index is 0.160. The monoisotopic (exact) mass is 157 g/mol. The van der Waals surface area contributed by atoms with Gasteiger partial charge in [0.2, 0.25) is 0 Å². The van der Waals surface area contributed by atoms with Crippen LogP contribution >= 0.6 is 0 Å². The van der Waals surface area contributed by atoms with Crippen LogP contribution in [0.15, 0.2) is 0 Å². The first-order valence-corrected chi connectivity index (χ1v) is 4.35. The lowest BCUT2D eigenvalue weighted by molar-refractivity contribution is -0.0258. The van der Waals surface area contributed by atoms with Gasteiger partial charge in [0, 0.05) is 12.6 Å². The van der Waals surface area contributed by atoms with Gasteiger partial charge in [-0.1, -0.05) is 0 Å². The van der Waals surface area contributed by atoms with E-state index < -0.39 is 0 Å². The lowest BCUT2D eigenvalue weighted by Crippen LogP contribution is -2.37. The molecule has 0 aromatic heterocycles. The van der Waals surface area contributed by atoms with E-state index in [9.17, 15) is 0 Å². The average Bonchev–Trinajstić information content (AvgIpc) is 2.55. The maximum absolute atomic E-state index is 5.51. The Bertz CT molecular complexity index is 134. The lowest BCUT2D eigenvalue weighted by atomic mass is 10.2. The SMILES string of the molecule is CC1COC(C2CCCO2)N1. The topological polar surface area (TPSA) is 30.5 Å². The van der Waals surface area contributed by atoms with Crippen LogP contribution in [0.5, 0.6) is 0 Å². The van der Waals surface area contributed by atoms with Crippen LogP contribution in [0.4, 0.5) is 0 Å². The van der Waals surface area contributed by atoms with E-state index in [1.807, 2.05) is 0 Å². The van der Waals surface area contributed by atoms with Crippen LogP contribution in [0.1, 0.15) is 19.8 Å². The van der Waals surface area contributed by atoms with Crippen LogP contribution in [0.3, 0.4) is 0 Å². The Labute approximate surface area is 67.1 Å². The molecule has 0 aromatic rings. The maximum Gasteiger partial charge on any atom is 0.134 e. The first-order chi connectivity index (χ1) is 5.36. The molecule has 2 heterocycles. The second-order valence-electron chi connectivity index (χ2n) is 3.37. The summed E-state index contributed by atoms with van der Waals surface area (Å²) >= 11 is 0. The minimum Gasteiger partial charge on any atom is -0.374 e. The van der Waals surface area contributed by atoms with Crippen molar-refractivity contribution in [2.45, 2.75) is 38.1 Å². The van der Waals surface area contributed by atoms with Gasteiger partial charge >= 0.3 is 0 Å². The molecule has 64 valence electrons. The van der Waals surface area contributed by atoms with E-state index >= 15 is 0 Å². The summed E-state index contributed by atoms with van der Waals surface area (Å²) in [6, 6.07) is 0.490. The fourth-order valence-electron chi connectivity index (χ4n) is 1.68. The zero-order chi connectivity index (χ0) is 7.68. The van der Waals surface area contributed by atoms with Crippen LogP contribution in [0.2, 0.25) is 0 Å². The molecule has 1 N–H and O–H groups in total. The molecule has 2 aliphatic heterocycles. The molecule has 3 unspecified atom stereocenters. The van der Waals surface area contributed by atoms with Gasteiger partial charge in [0.05, 0.1) is 12.7 Å². The molecule has 2 rings (SSSR count). The van der Waals surface area contributed by atoms with E-state index in [0.29, 0.717) is 12.1 Å². The molecular formula is C8H15NO2. The molecule has 0 amide bonds. The van der Waals surface area contributed by atoms with Gasteiger partial charge in [-0.3, -0.25) is 5.32 Å². The summed E-state index contributed by atoms with van der Waals surface area (Å²) in [6.07, 6.45) is 2.79. The molecule has 0 bridgehead atoms. The second kappa shape index (κ2) is 3.09. The Hall–Kier alpha value is -0.120. The molecule has 0 spiro atoms. The number of hydrogen-bond acceptors (Lipinski definition) is 3. The second-order valence-corrected chi connectivity index (χ2v) is 3.37. The maximum atomic E-state index is 5.51. The highest BCUT2D eigenvalue weighted by atomic mass is 16.6. The molecule has 3 nitrogen and oxygen atoms in total. The summed E-state index contributed by atoms with van der Waals surface area (Å²) in [6.45, 7) is 3.86. The average molecular weight is 157 g/mol. The summed E-state index contributed by atoms with van der Waals surface area (Å²) in [5.74, 6) is 0. The van der Waals surface area contributed by atoms with Crippen molar-refractivity contribution in [3.63, 3.8) is 0 Å². The van der Waals surface area contributed by atoms with E-state index in [4.69, 9.17) is 9.47 Å². The molecule has 0 radical (unpaired) electrons. The van der Waals surface area contributed by atoms with Crippen molar-refractivity contribution in [3.8, 4) is 0 Å². The molecule has 3 atom stereocenters. The van der Waals surface area contributed by atoms with Gasteiger partial charge < -0.3 is 9.47 Å². The van der Waals surface area contributed by atoms with Crippen molar-refractivity contribution in [1.29, 1.82) is 0 Å². The fourth-order valence-corrected chi connectivity index (χ4v) is 1.68. The first kappa shape index (κ1) is 7.53. The van der Waals surface area contributed by atoms with E-state index in [1.54, 1.807) is 0 Å². The van der Waals surface area contributed by atoms with E-state index in [-0.39, 0.29) is 6.23 Å². The number of hydrogen-bond donors (Lipinski definition) is 1. The molecule has 3 heteroatoms. The van der Waals surface area contributed by atoms with Crippen LogP contribution in [-0.2, 0) is 9.47 Å². The molecule has 2 aliphatic rings. The van der Waals surface area contributed by atoms with Crippen LogP contribution in [-0.4, -0.2) is 31.6 Å². The molecule has 2 saturated heterocycles. The van der Waals surface area contributed by atoms with Gasteiger partial charge in [0.1, 0.15) is 6.23 Å². The van der Waals surface area contributed by atoms with Gasteiger partial charge in [0.25, 0.3) is 0 Å². The summed E-state index contributed by atoms with van der Waals surface area (Å²) in [5, 5.41) is 3.35. The molecular weight excluding hydrogens is 142 g/mol. The molecule has 11 heavy (non-hydrogen) atoms. The first-order valence-electron chi connectivity index (χ1n) is 4.35. The largest absolute Gasteiger partial charge is 0.374 e. The van der Waals surface area contributed by atoms with E-state index in [0.717, 1.165) is 19.6 Å². The van der Waals surface area contributed by atoms with Crippen molar-refractivity contribution in [3.05, 3.63) is 0 Å². The Balaban J connectivity index is 1.85. The van der Waals surface area contributed by atoms with Crippen molar-refractivity contribution in [2.24, 2.45) is 0 Å². The Kier molecular flexibility index (Phi) is 2.11. The van der Waals surface area contributed by atoms with Gasteiger partial charge in [0.15, 0.2) is 0 Å². The third-order valence-electron chi connectivity index (χ3n) is 2.28. The van der Waals surface area contributed by atoms with Gasteiger partial charge in [-0.2, -0.15) is 0 Å². The highest BCUT2D eigenvalue weighted by molar-refractivity contribution is 4.80. The summed E-state index contributed by atoms with van der Waals surface area (Å²) < 4.78 is 11.0.